The van der Waals surface area contributed by atoms with Gasteiger partial charge < -0.3 is 0 Å². The van der Waals surface area contributed by atoms with Gasteiger partial charge in [-0.25, -0.2) is 4.98 Å². The molecule has 0 atom stereocenters. The molecule has 2 aromatic heterocycles. The van der Waals surface area contributed by atoms with Crippen molar-refractivity contribution in [2.45, 2.75) is 6.92 Å². The van der Waals surface area contributed by atoms with Gasteiger partial charge in [-0.15, -0.1) is 11.3 Å². The molecule has 0 aliphatic heterocycles. The Hall–Kier alpha value is -1.22. The number of nitrogens with zero attached hydrogens (tertiary/aromatic N) is 2. The number of hydrogen-bond donors (Lipinski definition) is 0. The van der Waals surface area contributed by atoms with E-state index in [-0.39, 0.29) is 0 Å². The maximum absolute atomic E-state index is 4.19. The van der Waals surface area contributed by atoms with E-state index in [1.165, 1.54) is 0 Å². The van der Waals surface area contributed by atoms with Gasteiger partial charge in [0.25, 0.3) is 0 Å². The van der Waals surface area contributed by atoms with Gasteiger partial charge in [0.15, 0.2) is 0 Å². The summed E-state index contributed by atoms with van der Waals surface area (Å²) in [5, 5.41) is 2.82. The van der Waals surface area contributed by atoms with E-state index >= 15 is 0 Å². The molecule has 0 N–H and O–H groups in total. The summed E-state index contributed by atoms with van der Waals surface area (Å²) in [5.74, 6) is 0. The molecule has 0 bridgehead atoms. The summed E-state index contributed by atoms with van der Waals surface area (Å²) >= 11 is 1.58. The van der Waals surface area contributed by atoms with E-state index in [1.807, 2.05) is 30.6 Å². The molecule has 12 heavy (non-hydrogen) atoms. The molecular formula is C9H7N2S. The van der Waals surface area contributed by atoms with Gasteiger partial charge in [0, 0.05) is 22.8 Å². The molecule has 0 fully saturated rings. The van der Waals surface area contributed by atoms with Crippen LogP contribution in [0, 0.1) is 13.1 Å². The highest BCUT2D eigenvalue weighted by Gasteiger charge is 1.98. The lowest BCUT2D eigenvalue weighted by Gasteiger charge is -1.94. The number of thiazole rings is 1. The van der Waals surface area contributed by atoms with Crippen LogP contribution in [0.2, 0.25) is 0 Å². The zero-order valence-corrected chi connectivity index (χ0v) is 7.43. The van der Waals surface area contributed by atoms with E-state index in [2.05, 4.69) is 16.2 Å². The predicted molar refractivity (Wildman–Crippen MR) is 48.9 cm³/mol. The Balaban J connectivity index is 2.43. The second-order valence-electron chi connectivity index (χ2n) is 2.47. The zero-order chi connectivity index (χ0) is 8.39. The molecule has 2 rings (SSSR count). The SMILES string of the molecule is Cc1ccc(-c2n[c]cs2)cn1. The number of hydrogen-bond acceptors (Lipinski definition) is 3. The second-order valence-corrected chi connectivity index (χ2v) is 3.33. The Kier molecular flexibility index (Phi) is 1.87. The first kappa shape index (κ1) is 7.43. The van der Waals surface area contributed by atoms with Gasteiger partial charge in [0.1, 0.15) is 11.2 Å². The lowest BCUT2D eigenvalue weighted by Crippen LogP contribution is -1.81. The van der Waals surface area contributed by atoms with Gasteiger partial charge in [-0.05, 0) is 19.1 Å². The third-order valence-electron chi connectivity index (χ3n) is 1.55. The third-order valence-corrected chi connectivity index (χ3v) is 2.32. The number of aryl methyl sites for hydroxylation is 1. The van der Waals surface area contributed by atoms with Crippen molar-refractivity contribution < 1.29 is 0 Å². The summed E-state index contributed by atoms with van der Waals surface area (Å²) in [6.45, 7) is 1.97. The van der Waals surface area contributed by atoms with Crippen molar-refractivity contribution in [2.75, 3.05) is 0 Å². The molecule has 0 aromatic carbocycles. The van der Waals surface area contributed by atoms with Gasteiger partial charge in [0.2, 0.25) is 0 Å². The summed E-state index contributed by atoms with van der Waals surface area (Å²) in [4.78, 5) is 8.26. The molecule has 0 unspecified atom stereocenters. The maximum Gasteiger partial charge on any atom is 0.125 e. The Labute approximate surface area is 74.9 Å². The van der Waals surface area contributed by atoms with Crippen molar-refractivity contribution in [3.63, 3.8) is 0 Å². The summed E-state index contributed by atoms with van der Waals surface area (Å²) < 4.78 is 0. The summed E-state index contributed by atoms with van der Waals surface area (Å²) in [6, 6.07) is 4.01. The fourth-order valence-electron chi connectivity index (χ4n) is 0.920. The topological polar surface area (TPSA) is 25.8 Å². The Morgan fingerprint density at radius 1 is 1.42 bits per heavy atom. The van der Waals surface area contributed by atoms with Crippen molar-refractivity contribution in [1.29, 1.82) is 0 Å². The van der Waals surface area contributed by atoms with Crippen LogP contribution in [0.3, 0.4) is 0 Å². The first-order chi connectivity index (χ1) is 5.86. The lowest BCUT2D eigenvalue weighted by molar-refractivity contribution is 1.20. The molecular weight excluding hydrogens is 168 g/mol. The average Bonchev–Trinajstić information content (AvgIpc) is 2.58. The molecule has 3 heteroatoms. The highest BCUT2D eigenvalue weighted by Crippen LogP contribution is 2.19. The molecule has 0 aliphatic rings. The van der Waals surface area contributed by atoms with Crippen LogP contribution in [0.5, 0.6) is 0 Å². The molecule has 1 radical (unpaired) electrons. The van der Waals surface area contributed by atoms with Gasteiger partial charge in [0.05, 0.1) is 0 Å². The molecule has 0 saturated carbocycles. The van der Waals surface area contributed by atoms with Crippen molar-refractivity contribution >= 4 is 11.3 Å². The standard InChI is InChI=1S/C9H7N2S/c1-7-2-3-8(6-11-7)9-10-4-5-12-9/h2-3,5-6H,1H3. The molecule has 2 aromatic rings. The molecule has 0 spiro atoms. The van der Waals surface area contributed by atoms with Crippen LogP contribution in [0.4, 0.5) is 0 Å². The fourth-order valence-corrected chi connectivity index (χ4v) is 1.50. The van der Waals surface area contributed by atoms with E-state index < -0.39 is 0 Å². The maximum atomic E-state index is 4.19. The minimum Gasteiger partial charge on any atom is -0.261 e. The molecule has 0 amide bonds. The normalized spacial score (nSPS) is 10.1. The van der Waals surface area contributed by atoms with Crippen molar-refractivity contribution in [2.24, 2.45) is 0 Å². The van der Waals surface area contributed by atoms with Crippen LogP contribution in [-0.4, -0.2) is 9.97 Å². The fraction of sp³-hybridized carbons (Fsp3) is 0.111. The first-order valence-electron chi connectivity index (χ1n) is 3.61. The smallest absolute Gasteiger partial charge is 0.125 e. The number of aromatic nitrogens is 2. The molecule has 2 nitrogen and oxygen atoms in total. The molecule has 59 valence electrons. The highest BCUT2D eigenvalue weighted by atomic mass is 32.1. The molecule has 2 heterocycles. The Bertz CT molecular complexity index is 351. The van der Waals surface area contributed by atoms with Crippen LogP contribution in [0.15, 0.2) is 23.7 Å². The van der Waals surface area contributed by atoms with Crippen molar-refractivity contribution in [1.82, 2.24) is 9.97 Å². The molecule has 0 aliphatic carbocycles. The lowest BCUT2D eigenvalue weighted by atomic mass is 10.3. The van der Waals surface area contributed by atoms with Crippen molar-refractivity contribution in [3.05, 3.63) is 35.6 Å². The monoisotopic (exact) mass is 175 g/mol. The summed E-state index contributed by atoms with van der Waals surface area (Å²) in [6.07, 6.45) is 4.62. The van der Waals surface area contributed by atoms with Crippen LogP contribution in [0.1, 0.15) is 5.69 Å². The minimum atomic E-state index is 0.975. The van der Waals surface area contributed by atoms with Gasteiger partial charge in [-0.3, -0.25) is 4.98 Å². The van der Waals surface area contributed by atoms with E-state index in [9.17, 15) is 0 Å². The Morgan fingerprint density at radius 2 is 2.33 bits per heavy atom. The van der Waals surface area contributed by atoms with Gasteiger partial charge in [-0.2, -0.15) is 0 Å². The van der Waals surface area contributed by atoms with E-state index in [0.717, 1.165) is 16.3 Å². The van der Waals surface area contributed by atoms with Gasteiger partial charge in [-0.1, -0.05) is 0 Å². The van der Waals surface area contributed by atoms with Crippen LogP contribution < -0.4 is 0 Å². The summed E-state index contributed by atoms with van der Waals surface area (Å²) in [7, 11) is 0. The zero-order valence-electron chi connectivity index (χ0n) is 6.61. The first-order valence-corrected chi connectivity index (χ1v) is 4.49. The average molecular weight is 175 g/mol. The van der Waals surface area contributed by atoms with Crippen LogP contribution in [0.25, 0.3) is 10.6 Å². The number of pyridine rings is 1. The van der Waals surface area contributed by atoms with E-state index in [4.69, 9.17) is 0 Å². The van der Waals surface area contributed by atoms with Crippen LogP contribution >= 0.6 is 11.3 Å². The number of rotatable bonds is 1. The highest BCUT2D eigenvalue weighted by molar-refractivity contribution is 7.13. The van der Waals surface area contributed by atoms with Crippen LogP contribution in [-0.2, 0) is 0 Å². The largest absolute Gasteiger partial charge is 0.261 e. The van der Waals surface area contributed by atoms with Crippen molar-refractivity contribution in [3.8, 4) is 10.6 Å². The predicted octanol–water partition coefficient (Wildman–Crippen LogP) is 2.31. The quantitative estimate of drug-likeness (QED) is 0.664. The minimum absolute atomic E-state index is 0.975. The summed E-state index contributed by atoms with van der Waals surface area (Å²) in [5.41, 5.74) is 2.09. The van der Waals surface area contributed by atoms with E-state index in [0.29, 0.717) is 0 Å². The second kappa shape index (κ2) is 3.03. The van der Waals surface area contributed by atoms with Gasteiger partial charge >= 0.3 is 0 Å². The van der Waals surface area contributed by atoms with E-state index in [1.54, 1.807) is 11.3 Å². The Morgan fingerprint density at radius 3 is 2.92 bits per heavy atom. The third kappa shape index (κ3) is 1.36. The molecule has 0 saturated heterocycles.